The molecule has 0 aliphatic heterocycles. The Hall–Kier alpha value is -1.26. The standard InChI is InChI=1S/C13H17ClN2O2/c1-18-13(5-2-6-13)8-16-12(17)10-4-3-9(15)7-11(10)14/h3-4,7H,2,5-6,8,15H2,1H3,(H,16,17). The first-order valence-corrected chi connectivity index (χ1v) is 6.32. The van der Waals surface area contributed by atoms with Crippen LogP contribution in [0.1, 0.15) is 29.6 Å². The molecule has 5 heteroatoms. The van der Waals surface area contributed by atoms with Crippen LogP contribution in [-0.2, 0) is 4.74 Å². The smallest absolute Gasteiger partial charge is 0.252 e. The molecule has 3 N–H and O–H groups in total. The van der Waals surface area contributed by atoms with E-state index < -0.39 is 0 Å². The molecule has 0 spiro atoms. The lowest BCUT2D eigenvalue weighted by atomic mass is 9.80. The van der Waals surface area contributed by atoms with E-state index in [0.29, 0.717) is 22.8 Å². The second kappa shape index (κ2) is 5.16. The van der Waals surface area contributed by atoms with Crippen molar-refractivity contribution >= 4 is 23.2 Å². The Bertz CT molecular complexity index is 453. The molecule has 1 aromatic carbocycles. The number of hydrogen-bond donors (Lipinski definition) is 2. The number of carbonyl (C=O) groups is 1. The van der Waals surface area contributed by atoms with Crippen LogP contribution in [0.2, 0.25) is 5.02 Å². The van der Waals surface area contributed by atoms with Gasteiger partial charge >= 0.3 is 0 Å². The molecule has 1 aromatic rings. The van der Waals surface area contributed by atoms with E-state index in [1.54, 1.807) is 25.3 Å². The molecule has 98 valence electrons. The van der Waals surface area contributed by atoms with Crippen molar-refractivity contribution in [2.24, 2.45) is 0 Å². The number of nitrogens with one attached hydrogen (secondary N) is 1. The first kappa shape index (κ1) is 13.2. The van der Waals surface area contributed by atoms with E-state index in [2.05, 4.69) is 5.32 Å². The Morgan fingerprint density at radius 1 is 1.56 bits per heavy atom. The molecule has 2 rings (SSSR count). The number of carbonyl (C=O) groups excluding carboxylic acids is 1. The number of ether oxygens (including phenoxy) is 1. The first-order valence-electron chi connectivity index (χ1n) is 5.95. The van der Waals surface area contributed by atoms with Gasteiger partial charge < -0.3 is 15.8 Å². The second-order valence-electron chi connectivity index (χ2n) is 4.66. The SMILES string of the molecule is COC1(CNC(=O)c2ccc(N)cc2Cl)CCC1. The van der Waals surface area contributed by atoms with Gasteiger partial charge in [-0.25, -0.2) is 0 Å². The quantitative estimate of drug-likeness (QED) is 0.823. The monoisotopic (exact) mass is 268 g/mol. The molecule has 0 aromatic heterocycles. The lowest BCUT2D eigenvalue weighted by Crippen LogP contribution is -2.49. The van der Waals surface area contributed by atoms with Gasteiger partial charge in [0.25, 0.3) is 5.91 Å². The van der Waals surface area contributed by atoms with Gasteiger partial charge in [-0.05, 0) is 37.5 Å². The predicted octanol–water partition coefficient (Wildman–Crippen LogP) is 2.22. The largest absolute Gasteiger partial charge is 0.399 e. The number of nitrogens with two attached hydrogens (primary N) is 1. The van der Waals surface area contributed by atoms with Gasteiger partial charge in [0, 0.05) is 19.3 Å². The number of amides is 1. The van der Waals surface area contributed by atoms with E-state index in [0.717, 1.165) is 19.3 Å². The number of nitrogen functional groups attached to an aromatic ring is 1. The molecular weight excluding hydrogens is 252 g/mol. The molecule has 1 saturated carbocycles. The minimum absolute atomic E-state index is 0.185. The average molecular weight is 269 g/mol. The number of rotatable bonds is 4. The zero-order valence-corrected chi connectivity index (χ0v) is 11.1. The second-order valence-corrected chi connectivity index (χ2v) is 5.07. The molecule has 1 amide bonds. The normalized spacial score (nSPS) is 17.0. The summed E-state index contributed by atoms with van der Waals surface area (Å²) in [4.78, 5) is 12.0. The maximum Gasteiger partial charge on any atom is 0.252 e. The van der Waals surface area contributed by atoms with Crippen molar-refractivity contribution in [2.45, 2.75) is 24.9 Å². The van der Waals surface area contributed by atoms with E-state index in [-0.39, 0.29) is 11.5 Å². The van der Waals surface area contributed by atoms with Gasteiger partial charge in [-0.2, -0.15) is 0 Å². The Labute approximate surface area is 111 Å². The van der Waals surface area contributed by atoms with Crippen LogP contribution in [0.25, 0.3) is 0 Å². The van der Waals surface area contributed by atoms with Crippen LogP contribution in [0.4, 0.5) is 5.69 Å². The molecule has 1 aliphatic carbocycles. The lowest BCUT2D eigenvalue weighted by Gasteiger charge is -2.40. The van der Waals surface area contributed by atoms with Gasteiger partial charge in [-0.15, -0.1) is 0 Å². The molecule has 1 fully saturated rings. The highest BCUT2D eigenvalue weighted by atomic mass is 35.5. The summed E-state index contributed by atoms with van der Waals surface area (Å²) >= 11 is 5.98. The third kappa shape index (κ3) is 2.60. The van der Waals surface area contributed by atoms with Gasteiger partial charge in [0.05, 0.1) is 16.2 Å². The molecule has 0 atom stereocenters. The molecule has 0 saturated heterocycles. The summed E-state index contributed by atoms with van der Waals surface area (Å²) in [5, 5.41) is 3.23. The number of anilines is 1. The van der Waals surface area contributed by atoms with E-state index in [1.165, 1.54) is 0 Å². The van der Waals surface area contributed by atoms with Crippen molar-refractivity contribution in [3.63, 3.8) is 0 Å². The number of hydrogen-bond acceptors (Lipinski definition) is 3. The first-order chi connectivity index (χ1) is 8.56. The van der Waals surface area contributed by atoms with Crippen molar-refractivity contribution in [2.75, 3.05) is 19.4 Å². The maximum atomic E-state index is 12.0. The van der Waals surface area contributed by atoms with Gasteiger partial charge in [0.15, 0.2) is 0 Å². The highest BCUT2D eigenvalue weighted by Gasteiger charge is 2.37. The van der Waals surface area contributed by atoms with Gasteiger partial charge in [0.2, 0.25) is 0 Å². The fraction of sp³-hybridized carbons (Fsp3) is 0.462. The molecule has 1 aliphatic rings. The minimum Gasteiger partial charge on any atom is -0.399 e. The van der Waals surface area contributed by atoms with Crippen molar-refractivity contribution < 1.29 is 9.53 Å². The van der Waals surface area contributed by atoms with E-state index in [9.17, 15) is 4.79 Å². The summed E-state index contributed by atoms with van der Waals surface area (Å²) in [6.45, 7) is 0.517. The zero-order valence-electron chi connectivity index (χ0n) is 10.3. The minimum atomic E-state index is -0.191. The number of halogens is 1. The average Bonchev–Trinajstić information content (AvgIpc) is 2.27. The summed E-state index contributed by atoms with van der Waals surface area (Å²) in [7, 11) is 1.68. The highest BCUT2D eigenvalue weighted by molar-refractivity contribution is 6.34. The Morgan fingerprint density at radius 2 is 2.28 bits per heavy atom. The van der Waals surface area contributed by atoms with Crippen molar-refractivity contribution in [1.29, 1.82) is 0 Å². The molecule has 0 bridgehead atoms. The molecular formula is C13H17ClN2O2. The van der Waals surface area contributed by atoms with Crippen LogP contribution in [0, 0.1) is 0 Å². The Balaban J connectivity index is 1.99. The molecule has 0 radical (unpaired) electrons. The van der Waals surface area contributed by atoms with Crippen LogP contribution in [0.3, 0.4) is 0 Å². The van der Waals surface area contributed by atoms with Crippen LogP contribution < -0.4 is 11.1 Å². The Morgan fingerprint density at radius 3 is 2.78 bits per heavy atom. The van der Waals surface area contributed by atoms with Crippen molar-refractivity contribution in [3.8, 4) is 0 Å². The third-order valence-corrected chi connectivity index (χ3v) is 3.82. The summed E-state index contributed by atoms with van der Waals surface area (Å²) in [6, 6.07) is 4.87. The Kier molecular flexibility index (Phi) is 3.78. The fourth-order valence-corrected chi connectivity index (χ4v) is 2.35. The van der Waals surface area contributed by atoms with E-state index in [4.69, 9.17) is 22.1 Å². The van der Waals surface area contributed by atoms with Crippen LogP contribution in [-0.4, -0.2) is 25.2 Å². The summed E-state index contributed by atoms with van der Waals surface area (Å²) in [5.74, 6) is -0.191. The lowest BCUT2D eigenvalue weighted by molar-refractivity contribution is -0.0679. The predicted molar refractivity (Wildman–Crippen MR) is 71.8 cm³/mol. The molecule has 0 heterocycles. The highest BCUT2D eigenvalue weighted by Crippen LogP contribution is 2.34. The topological polar surface area (TPSA) is 64.3 Å². The number of benzene rings is 1. The third-order valence-electron chi connectivity index (χ3n) is 3.51. The molecule has 0 unspecified atom stereocenters. The van der Waals surface area contributed by atoms with Crippen LogP contribution >= 0.6 is 11.6 Å². The van der Waals surface area contributed by atoms with Gasteiger partial charge in [-0.1, -0.05) is 11.6 Å². The zero-order chi connectivity index (χ0) is 13.2. The summed E-state index contributed by atoms with van der Waals surface area (Å²) < 4.78 is 5.44. The van der Waals surface area contributed by atoms with Crippen molar-refractivity contribution in [1.82, 2.24) is 5.32 Å². The van der Waals surface area contributed by atoms with Gasteiger partial charge in [0.1, 0.15) is 0 Å². The fourth-order valence-electron chi connectivity index (χ4n) is 2.08. The van der Waals surface area contributed by atoms with Crippen molar-refractivity contribution in [3.05, 3.63) is 28.8 Å². The van der Waals surface area contributed by atoms with E-state index >= 15 is 0 Å². The van der Waals surface area contributed by atoms with Gasteiger partial charge in [-0.3, -0.25) is 4.79 Å². The summed E-state index contributed by atoms with van der Waals surface area (Å²) in [5.41, 5.74) is 6.39. The maximum absolute atomic E-state index is 12.0. The van der Waals surface area contributed by atoms with Crippen LogP contribution in [0.5, 0.6) is 0 Å². The van der Waals surface area contributed by atoms with E-state index in [1.807, 2.05) is 0 Å². The molecule has 18 heavy (non-hydrogen) atoms. The van der Waals surface area contributed by atoms with Crippen LogP contribution in [0.15, 0.2) is 18.2 Å². The summed E-state index contributed by atoms with van der Waals surface area (Å²) in [6.07, 6.45) is 3.12. The number of methoxy groups -OCH3 is 1. The molecule has 4 nitrogen and oxygen atoms in total.